The van der Waals surface area contributed by atoms with Crippen molar-refractivity contribution in [3.63, 3.8) is 0 Å². The molecule has 0 aromatic heterocycles. The highest BCUT2D eigenvalue weighted by atomic mass is 79.9. The molecular weight excluding hydrogens is 270 g/mol. The number of ether oxygens (including phenoxy) is 1. The molecule has 0 heterocycles. The molecule has 0 rings (SSSR count). The first-order chi connectivity index (χ1) is 6.93. The van der Waals surface area contributed by atoms with Crippen LogP contribution in [-0.4, -0.2) is 18.4 Å². The first-order valence-electron chi connectivity index (χ1n) is 4.00. The minimum absolute atomic E-state index is 0.0936. The third-order valence-corrected chi connectivity index (χ3v) is 2.22. The number of esters is 1. The van der Waals surface area contributed by atoms with Gasteiger partial charge < -0.3 is 4.74 Å². The SMILES string of the molecule is C=C(CBr)C(=CC(F)=C(C)F)C(=O)OC. The number of hydrogen-bond donors (Lipinski definition) is 0. The molecule has 2 nitrogen and oxygen atoms in total. The van der Waals surface area contributed by atoms with Gasteiger partial charge in [-0.1, -0.05) is 22.5 Å². The first kappa shape index (κ1) is 14.0. The van der Waals surface area contributed by atoms with E-state index < -0.39 is 17.6 Å². The summed E-state index contributed by atoms with van der Waals surface area (Å²) in [5.74, 6) is -2.87. The van der Waals surface area contributed by atoms with Gasteiger partial charge in [0.05, 0.1) is 12.7 Å². The highest BCUT2D eigenvalue weighted by Crippen LogP contribution is 2.18. The molecule has 0 aromatic rings. The Bertz CT molecular complexity index is 310. The van der Waals surface area contributed by atoms with Gasteiger partial charge in [0, 0.05) is 5.33 Å². The molecule has 0 radical (unpaired) electrons. The van der Waals surface area contributed by atoms with Crippen LogP contribution in [0.4, 0.5) is 8.78 Å². The Hall–Kier alpha value is -0.970. The van der Waals surface area contributed by atoms with Gasteiger partial charge in [0.15, 0.2) is 5.83 Å². The molecule has 0 amide bonds. The summed E-state index contributed by atoms with van der Waals surface area (Å²) in [4.78, 5) is 11.2. The lowest BCUT2D eigenvalue weighted by molar-refractivity contribution is -0.135. The van der Waals surface area contributed by atoms with Crippen LogP contribution in [0.5, 0.6) is 0 Å². The molecule has 84 valence electrons. The molecule has 0 aromatic carbocycles. The molecule has 0 saturated carbocycles. The molecule has 0 fully saturated rings. The normalized spacial score (nSPS) is 13.3. The van der Waals surface area contributed by atoms with Gasteiger partial charge in [-0.05, 0) is 18.6 Å². The van der Waals surface area contributed by atoms with Crippen LogP contribution in [0.2, 0.25) is 0 Å². The van der Waals surface area contributed by atoms with Crippen LogP contribution in [0, 0.1) is 0 Å². The van der Waals surface area contributed by atoms with Crippen molar-refractivity contribution in [3.8, 4) is 0 Å². The average molecular weight is 281 g/mol. The fraction of sp³-hybridized carbons (Fsp3) is 0.300. The number of alkyl halides is 1. The lowest BCUT2D eigenvalue weighted by atomic mass is 10.1. The quantitative estimate of drug-likeness (QED) is 0.342. The highest BCUT2D eigenvalue weighted by molar-refractivity contribution is 9.09. The monoisotopic (exact) mass is 280 g/mol. The molecular formula is C10H11BrF2O2. The lowest BCUT2D eigenvalue weighted by Crippen LogP contribution is -2.07. The number of carbonyl (C=O) groups is 1. The minimum Gasteiger partial charge on any atom is -0.465 e. The van der Waals surface area contributed by atoms with Gasteiger partial charge in [0.2, 0.25) is 0 Å². The van der Waals surface area contributed by atoms with E-state index in [1.165, 1.54) is 0 Å². The predicted molar refractivity (Wildman–Crippen MR) is 57.9 cm³/mol. The van der Waals surface area contributed by atoms with Gasteiger partial charge in [0.1, 0.15) is 5.83 Å². The molecule has 0 saturated heterocycles. The van der Waals surface area contributed by atoms with E-state index in [4.69, 9.17) is 0 Å². The van der Waals surface area contributed by atoms with Crippen molar-refractivity contribution in [1.82, 2.24) is 0 Å². The van der Waals surface area contributed by atoms with Crippen molar-refractivity contribution >= 4 is 21.9 Å². The van der Waals surface area contributed by atoms with E-state index in [9.17, 15) is 13.6 Å². The van der Waals surface area contributed by atoms with Crippen molar-refractivity contribution in [1.29, 1.82) is 0 Å². The standard InChI is InChI=1S/C10H11BrF2O2/c1-6(5-11)8(10(14)15-3)4-9(13)7(2)12/h4H,1,5H2,2-3H3. The summed E-state index contributed by atoms with van der Waals surface area (Å²) in [6.45, 7) is 4.48. The number of allylic oxidation sites excluding steroid dienone is 3. The predicted octanol–water partition coefficient (Wildman–Crippen LogP) is 3.21. The Labute approximate surface area is 95.4 Å². The first-order valence-corrected chi connectivity index (χ1v) is 5.12. The molecule has 0 atom stereocenters. The Kier molecular flexibility index (Phi) is 6.08. The van der Waals surface area contributed by atoms with E-state index in [2.05, 4.69) is 27.2 Å². The maximum absolute atomic E-state index is 12.9. The van der Waals surface area contributed by atoms with E-state index in [1.807, 2.05) is 0 Å². The number of hydrogen-bond acceptors (Lipinski definition) is 2. The molecule has 0 bridgehead atoms. The van der Waals surface area contributed by atoms with Crippen molar-refractivity contribution in [2.75, 3.05) is 12.4 Å². The summed E-state index contributed by atoms with van der Waals surface area (Å²) in [6, 6.07) is 0. The third-order valence-electron chi connectivity index (χ3n) is 1.55. The van der Waals surface area contributed by atoms with E-state index in [-0.39, 0.29) is 10.9 Å². The van der Waals surface area contributed by atoms with Crippen molar-refractivity contribution in [2.24, 2.45) is 0 Å². The molecule has 0 aliphatic carbocycles. The second-order valence-electron chi connectivity index (χ2n) is 2.67. The van der Waals surface area contributed by atoms with Crippen molar-refractivity contribution < 1.29 is 18.3 Å². The summed E-state index contributed by atoms with van der Waals surface area (Å²) in [5.41, 5.74) is 0.224. The minimum atomic E-state index is -1.11. The van der Waals surface area contributed by atoms with Crippen LogP contribution in [-0.2, 0) is 9.53 Å². The van der Waals surface area contributed by atoms with Crippen molar-refractivity contribution in [2.45, 2.75) is 6.92 Å². The zero-order chi connectivity index (χ0) is 12.0. The Balaban J connectivity index is 5.21. The number of carbonyl (C=O) groups excluding carboxylic acids is 1. The molecule has 0 unspecified atom stereocenters. The zero-order valence-electron chi connectivity index (χ0n) is 8.44. The molecule has 0 aliphatic heterocycles. The van der Waals surface area contributed by atoms with Gasteiger partial charge >= 0.3 is 5.97 Å². The maximum atomic E-state index is 12.9. The Morgan fingerprint density at radius 2 is 2.07 bits per heavy atom. The topological polar surface area (TPSA) is 26.3 Å². The summed E-state index contributed by atoms with van der Waals surface area (Å²) in [6.07, 6.45) is 0.769. The summed E-state index contributed by atoms with van der Waals surface area (Å²) in [7, 11) is 1.15. The van der Waals surface area contributed by atoms with E-state index in [1.54, 1.807) is 0 Å². The second kappa shape index (κ2) is 6.50. The fourth-order valence-electron chi connectivity index (χ4n) is 0.713. The highest BCUT2D eigenvalue weighted by Gasteiger charge is 2.14. The van der Waals surface area contributed by atoms with Crippen molar-refractivity contribution in [3.05, 3.63) is 35.5 Å². The van der Waals surface area contributed by atoms with Gasteiger partial charge in [0.25, 0.3) is 0 Å². The van der Waals surface area contributed by atoms with Gasteiger partial charge in [-0.25, -0.2) is 13.6 Å². The van der Waals surface area contributed by atoms with Gasteiger partial charge in [-0.15, -0.1) is 0 Å². The van der Waals surface area contributed by atoms with Crippen LogP contribution < -0.4 is 0 Å². The third kappa shape index (κ3) is 4.38. The van der Waals surface area contributed by atoms with E-state index in [0.717, 1.165) is 20.1 Å². The van der Waals surface area contributed by atoms with Crippen LogP contribution >= 0.6 is 15.9 Å². The number of halogens is 3. The maximum Gasteiger partial charge on any atom is 0.338 e. The Morgan fingerprint density at radius 3 is 2.40 bits per heavy atom. The second-order valence-corrected chi connectivity index (χ2v) is 3.23. The van der Waals surface area contributed by atoms with Crippen LogP contribution in [0.3, 0.4) is 0 Å². The molecule has 0 N–H and O–H groups in total. The van der Waals surface area contributed by atoms with Crippen LogP contribution in [0.25, 0.3) is 0 Å². The van der Waals surface area contributed by atoms with E-state index >= 15 is 0 Å². The molecule has 5 heteroatoms. The zero-order valence-corrected chi connectivity index (χ0v) is 10.0. The summed E-state index contributed by atoms with van der Waals surface area (Å²) < 4.78 is 29.8. The number of methoxy groups -OCH3 is 1. The van der Waals surface area contributed by atoms with Gasteiger partial charge in [-0.2, -0.15) is 0 Å². The molecule has 0 aliphatic rings. The van der Waals surface area contributed by atoms with Crippen LogP contribution in [0.1, 0.15) is 6.92 Å². The molecule has 0 spiro atoms. The lowest BCUT2D eigenvalue weighted by Gasteiger charge is -2.05. The largest absolute Gasteiger partial charge is 0.465 e. The Morgan fingerprint density at radius 1 is 1.53 bits per heavy atom. The smallest absolute Gasteiger partial charge is 0.338 e. The average Bonchev–Trinajstić information content (AvgIpc) is 2.23. The molecule has 15 heavy (non-hydrogen) atoms. The summed E-state index contributed by atoms with van der Waals surface area (Å²) in [5, 5.41) is 0.270. The van der Waals surface area contributed by atoms with E-state index in [0.29, 0.717) is 5.57 Å². The number of rotatable bonds is 4. The summed E-state index contributed by atoms with van der Waals surface area (Å²) >= 11 is 3.06. The van der Waals surface area contributed by atoms with Crippen LogP contribution in [0.15, 0.2) is 35.5 Å². The fourth-order valence-corrected chi connectivity index (χ4v) is 1.02. The van der Waals surface area contributed by atoms with Gasteiger partial charge in [-0.3, -0.25) is 0 Å².